The van der Waals surface area contributed by atoms with E-state index < -0.39 is 0 Å². The van der Waals surface area contributed by atoms with Crippen molar-refractivity contribution in [2.45, 2.75) is 10.1 Å². The van der Waals surface area contributed by atoms with Gasteiger partial charge in [0.2, 0.25) is 5.28 Å². The molecule has 0 saturated carbocycles. The number of pyridine rings is 1. The van der Waals surface area contributed by atoms with Crippen molar-refractivity contribution in [2.24, 2.45) is 0 Å². The van der Waals surface area contributed by atoms with Crippen LogP contribution in [0.25, 0.3) is 0 Å². The topological polar surface area (TPSA) is 38.7 Å². The van der Waals surface area contributed by atoms with Crippen molar-refractivity contribution in [2.75, 3.05) is 0 Å². The lowest BCUT2D eigenvalue weighted by molar-refractivity contribution is 1.04. The van der Waals surface area contributed by atoms with Crippen LogP contribution in [0, 0.1) is 0 Å². The van der Waals surface area contributed by atoms with E-state index in [1.807, 2.05) is 18.2 Å². The fourth-order valence-corrected chi connectivity index (χ4v) is 2.04. The molecule has 0 aliphatic heterocycles. The SMILES string of the molecule is Clc1ncc(Cl)c(Sc2ccccn2)n1. The van der Waals surface area contributed by atoms with Crippen molar-refractivity contribution < 1.29 is 0 Å². The molecule has 2 heterocycles. The van der Waals surface area contributed by atoms with Crippen molar-refractivity contribution in [1.82, 2.24) is 15.0 Å². The fraction of sp³-hybridized carbons (Fsp3) is 0. The molecule has 15 heavy (non-hydrogen) atoms. The standard InChI is InChI=1S/C9H5Cl2N3S/c10-6-5-13-9(11)14-8(6)15-7-3-1-2-4-12-7/h1-5H. The van der Waals surface area contributed by atoms with Gasteiger partial charge in [0.25, 0.3) is 0 Å². The number of hydrogen-bond acceptors (Lipinski definition) is 4. The Kier molecular flexibility index (Phi) is 3.41. The molecular formula is C9H5Cl2N3S. The van der Waals surface area contributed by atoms with Crippen molar-refractivity contribution in [3.63, 3.8) is 0 Å². The largest absolute Gasteiger partial charge is 0.250 e. The molecule has 2 aromatic rings. The molecule has 0 saturated heterocycles. The van der Waals surface area contributed by atoms with Crippen LogP contribution in [0.1, 0.15) is 0 Å². The molecule has 0 bridgehead atoms. The summed E-state index contributed by atoms with van der Waals surface area (Å²) in [4.78, 5) is 11.9. The van der Waals surface area contributed by atoms with Gasteiger partial charge in [-0.25, -0.2) is 15.0 Å². The lowest BCUT2D eigenvalue weighted by Gasteiger charge is -2.01. The quantitative estimate of drug-likeness (QED) is 0.611. The molecule has 76 valence electrons. The van der Waals surface area contributed by atoms with Crippen LogP contribution in [0.3, 0.4) is 0 Å². The molecule has 0 amide bonds. The second kappa shape index (κ2) is 4.79. The fourth-order valence-electron chi connectivity index (χ4n) is 0.909. The first-order valence-electron chi connectivity index (χ1n) is 4.02. The molecule has 2 rings (SSSR count). The predicted octanol–water partition coefficient (Wildman–Crippen LogP) is 3.33. The lowest BCUT2D eigenvalue weighted by atomic mass is 10.5. The Labute approximate surface area is 101 Å². The van der Waals surface area contributed by atoms with Crippen LogP contribution in [0.15, 0.2) is 40.6 Å². The number of rotatable bonds is 2. The highest BCUT2D eigenvalue weighted by Crippen LogP contribution is 2.30. The van der Waals surface area contributed by atoms with Gasteiger partial charge >= 0.3 is 0 Å². The van der Waals surface area contributed by atoms with Crippen LogP contribution in [-0.2, 0) is 0 Å². The second-order valence-corrected chi connectivity index (χ2v) is 4.32. The summed E-state index contributed by atoms with van der Waals surface area (Å²) in [5, 5.41) is 2.07. The van der Waals surface area contributed by atoms with Gasteiger partial charge in [-0.2, -0.15) is 0 Å². The molecule has 0 aromatic carbocycles. The Hall–Kier alpha value is -0.840. The highest BCUT2D eigenvalue weighted by molar-refractivity contribution is 7.99. The third-order valence-corrected chi connectivity index (χ3v) is 3.05. The zero-order valence-corrected chi connectivity index (χ0v) is 9.72. The maximum absolute atomic E-state index is 5.91. The summed E-state index contributed by atoms with van der Waals surface area (Å²) in [5.74, 6) is 0. The lowest BCUT2D eigenvalue weighted by Crippen LogP contribution is -1.87. The molecule has 0 fully saturated rings. The molecule has 3 nitrogen and oxygen atoms in total. The summed E-state index contributed by atoms with van der Waals surface area (Å²) in [7, 11) is 0. The summed E-state index contributed by atoms with van der Waals surface area (Å²) in [6, 6.07) is 5.61. The van der Waals surface area contributed by atoms with Gasteiger partial charge in [-0.15, -0.1) is 0 Å². The van der Waals surface area contributed by atoms with E-state index in [1.54, 1.807) is 6.20 Å². The maximum atomic E-state index is 5.91. The minimum absolute atomic E-state index is 0.179. The van der Waals surface area contributed by atoms with E-state index in [0.29, 0.717) is 10.0 Å². The first-order valence-corrected chi connectivity index (χ1v) is 5.60. The molecule has 0 radical (unpaired) electrons. The Morgan fingerprint density at radius 2 is 2.00 bits per heavy atom. The normalized spacial score (nSPS) is 10.3. The summed E-state index contributed by atoms with van der Waals surface area (Å²) < 4.78 is 0. The molecule has 0 aliphatic carbocycles. The Balaban J connectivity index is 2.28. The zero-order chi connectivity index (χ0) is 10.7. The van der Waals surface area contributed by atoms with E-state index in [4.69, 9.17) is 23.2 Å². The van der Waals surface area contributed by atoms with E-state index in [9.17, 15) is 0 Å². The van der Waals surface area contributed by atoms with Gasteiger partial charge in [0.15, 0.2) is 0 Å². The minimum atomic E-state index is 0.179. The molecule has 0 N–H and O–H groups in total. The average Bonchev–Trinajstić information content (AvgIpc) is 2.25. The number of halogens is 2. The van der Waals surface area contributed by atoms with Crippen LogP contribution >= 0.6 is 35.0 Å². The summed E-state index contributed by atoms with van der Waals surface area (Å²) in [6.45, 7) is 0. The van der Waals surface area contributed by atoms with Gasteiger partial charge in [0.05, 0.1) is 11.2 Å². The van der Waals surface area contributed by atoms with Gasteiger partial charge < -0.3 is 0 Å². The van der Waals surface area contributed by atoms with Crippen molar-refractivity contribution in [1.29, 1.82) is 0 Å². The number of nitrogens with zero attached hydrogens (tertiary/aromatic N) is 3. The number of hydrogen-bond donors (Lipinski definition) is 0. The summed E-state index contributed by atoms with van der Waals surface area (Å²) >= 11 is 12.9. The van der Waals surface area contributed by atoms with Gasteiger partial charge in [-0.05, 0) is 35.5 Å². The number of aromatic nitrogens is 3. The van der Waals surface area contributed by atoms with Crippen LogP contribution in [-0.4, -0.2) is 15.0 Å². The van der Waals surface area contributed by atoms with Gasteiger partial charge in [-0.1, -0.05) is 17.7 Å². The average molecular weight is 258 g/mol. The molecule has 0 atom stereocenters. The van der Waals surface area contributed by atoms with Gasteiger partial charge in [0, 0.05) is 6.20 Å². The monoisotopic (exact) mass is 257 g/mol. The van der Waals surface area contributed by atoms with Crippen LogP contribution < -0.4 is 0 Å². The highest BCUT2D eigenvalue weighted by Gasteiger charge is 2.06. The van der Waals surface area contributed by atoms with E-state index in [1.165, 1.54) is 18.0 Å². The van der Waals surface area contributed by atoms with E-state index in [-0.39, 0.29) is 5.28 Å². The van der Waals surface area contributed by atoms with E-state index in [0.717, 1.165) is 5.03 Å². The summed E-state index contributed by atoms with van der Waals surface area (Å²) in [5.41, 5.74) is 0. The summed E-state index contributed by atoms with van der Waals surface area (Å²) in [6.07, 6.45) is 3.18. The van der Waals surface area contributed by atoms with E-state index in [2.05, 4.69) is 15.0 Å². The van der Waals surface area contributed by atoms with Crippen LogP contribution in [0.2, 0.25) is 10.3 Å². The molecule has 6 heteroatoms. The first kappa shape index (κ1) is 10.7. The molecular weight excluding hydrogens is 253 g/mol. The zero-order valence-electron chi connectivity index (χ0n) is 7.39. The van der Waals surface area contributed by atoms with Crippen molar-refractivity contribution >= 4 is 35.0 Å². The Morgan fingerprint density at radius 1 is 1.13 bits per heavy atom. The van der Waals surface area contributed by atoms with Gasteiger partial charge in [0.1, 0.15) is 10.1 Å². The third kappa shape index (κ3) is 2.81. The molecule has 2 aromatic heterocycles. The second-order valence-electron chi connectivity index (χ2n) is 2.56. The first-order chi connectivity index (χ1) is 7.25. The van der Waals surface area contributed by atoms with Crippen LogP contribution in [0.5, 0.6) is 0 Å². The molecule has 0 spiro atoms. The Bertz CT molecular complexity index is 464. The third-order valence-electron chi connectivity index (χ3n) is 1.52. The van der Waals surface area contributed by atoms with Crippen LogP contribution in [0.4, 0.5) is 0 Å². The Morgan fingerprint density at radius 3 is 2.73 bits per heavy atom. The smallest absolute Gasteiger partial charge is 0.223 e. The van der Waals surface area contributed by atoms with E-state index >= 15 is 0 Å². The predicted molar refractivity (Wildman–Crippen MR) is 60.4 cm³/mol. The molecule has 0 unspecified atom stereocenters. The minimum Gasteiger partial charge on any atom is -0.250 e. The van der Waals surface area contributed by atoms with Crippen molar-refractivity contribution in [3.05, 3.63) is 40.9 Å². The maximum Gasteiger partial charge on any atom is 0.223 e. The highest BCUT2D eigenvalue weighted by atomic mass is 35.5. The molecule has 0 aliphatic rings. The van der Waals surface area contributed by atoms with Crippen molar-refractivity contribution in [3.8, 4) is 0 Å². The van der Waals surface area contributed by atoms with Gasteiger partial charge in [-0.3, -0.25) is 0 Å².